The van der Waals surface area contributed by atoms with E-state index in [1.807, 2.05) is 63.2 Å². The summed E-state index contributed by atoms with van der Waals surface area (Å²) in [4.78, 5) is 39.9. The van der Waals surface area contributed by atoms with Crippen LogP contribution in [0.15, 0.2) is 89.5 Å². The normalized spacial score (nSPS) is 11.9. The quantitative estimate of drug-likeness (QED) is 0.157. The molecule has 1 heterocycles. The van der Waals surface area contributed by atoms with E-state index in [1.165, 1.54) is 23.1 Å². The zero-order chi connectivity index (χ0) is 28.5. The van der Waals surface area contributed by atoms with Gasteiger partial charge in [-0.25, -0.2) is 0 Å². The number of hydrogen-bond acceptors (Lipinski definition) is 7. The Morgan fingerprint density at radius 1 is 0.925 bits per heavy atom. The fraction of sp³-hybridized carbons (Fsp3) is 0.167. The number of amides is 3. The first-order valence-electron chi connectivity index (χ1n) is 12.6. The average Bonchev–Trinajstić information content (AvgIpc) is 3.36. The molecule has 8 nitrogen and oxygen atoms in total. The van der Waals surface area contributed by atoms with E-state index >= 15 is 0 Å². The molecule has 0 spiro atoms. The van der Waals surface area contributed by atoms with Crippen LogP contribution in [0.4, 0.5) is 10.8 Å². The van der Waals surface area contributed by atoms with Gasteiger partial charge >= 0.3 is 0 Å². The van der Waals surface area contributed by atoms with Gasteiger partial charge in [-0.1, -0.05) is 72.4 Å². The van der Waals surface area contributed by atoms with Gasteiger partial charge in [0.1, 0.15) is 10.7 Å². The minimum atomic E-state index is -0.468. The summed E-state index contributed by atoms with van der Waals surface area (Å²) in [6.07, 6.45) is 2.24. The number of nitrogens with one attached hydrogen (secondary N) is 3. The molecule has 0 fully saturated rings. The summed E-state index contributed by atoms with van der Waals surface area (Å²) in [5, 5.41) is 17.2. The summed E-state index contributed by atoms with van der Waals surface area (Å²) in [5.74, 6) is -1.02. The van der Waals surface area contributed by atoms with Crippen LogP contribution in [0.25, 0.3) is 6.08 Å². The van der Waals surface area contributed by atoms with E-state index in [2.05, 4.69) is 26.1 Å². The van der Waals surface area contributed by atoms with Gasteiger partial charge in [0, 0.05) is 16.1 Å². The molecule has 3 N–H and O–H groups in total. The van der Waals surface area contributed by atoms with E-state index in [1.54, 1.807) is 42.5 Å². The lowest BCUT2D eigenvalue weighted by Gasteiger charge is -2.15. The van der Waals surface area contributed by atoms with Gasteiger partial charge in [0.2, 0.25) is 11.0 Å². The van der Waals surface area contributed by atoms with E-state index in [-0.39, 0.29) is 22.8 Å². The molecule has 0 saturated carbocycles. The van der Waals surface area contributed by atoms with Gasteiger partial charge in [0.25, 0.3) is 11.8 Å². The number of thioether (sulfide) groups is 1. The van der Waals surface area contributed by atoms with Crippen molar-refractivity contribution in [3.8, 4) is 0 Å². The topological polar surface area (TPSA) is 113 Å². The largest absolute Gasteiger partial charge is 0.321 e. The Bertz CT molecular complexity index is 1540. The van der Waals surface area contributed by atoms with Crippen LogP contribution >= 0.6 is 23.1 Å². The zero-order valence-corrected chi connectivity index (χ0v) is 23.9. The molecule has 3 amide bonds. The highest BCUT2D eigenvalue weighted by molar-refractivity contribution is 8.00. The van der Waals surface area contributed by atoms with E-state index in [4.69, 9.17) is 0 Å². The molecule has 0 radical (unpaired) electrons. The molecule has 0 aliphatic carbocycles. The van der Waals surface area contributed by atoms with Crippen molar-refractivity contribution in [1.82, 2.24) is 15.5 Å². The number of rotatable bonds is 10. The lowest BCUT2D eigenvalue weighted by atomic mass is 10.1. The minimum Gasteiger partial charge on any atom is -0.321 e. The Labute approximate surface area is 241 Å². The molecule has 40 heavy (non-hydrogen) atoms. The lowest BCUT2D eigenvalue weighted by molar-refractivity contribution is -0.116. The maximum absolute atomic E-state index is 13.4. The molecule has 1 unspecified atom stereocenters. The van der Waals surface area contributed by atoms with Crippen LogP contribution in [0.1, 0.15) is 39.8 Å². The smallest absolute Gasteiger partial charge is 0.272 e. The lowest BCUT2D eigenvalue weighted by Crippen LogP contribution is -2.30. The number of nitrogens with zero attached hydrogens (tertiary/aromatic N) is 2. The van der Waals surface area contributed by atoms with Crippen molar-refractivity contribution >= 4 is 57.7 Å². The molecule has 204 valence electrons. The number of aromatic nitrogens is 2. The van der Waals surface area contributed by atoms with Crippen LogP contribution in [0.3, 0.4) is 0 Å². The average molecular weight is 572 g/mol. The summed E-state index contributed by atoms with van der Waals surface area (Å²) < 4.78 is 0. The van der Waals surface area contributed by atoms with E-state index in [0.717, 1.165) is 21.0 Å². The fourth-order valence-corrected chi connectivity index (χ4v) is 5.34. The first-order chi connectivity index (χ1) is 19.3. The Balaban J connectivity index is 1.50. The van der Waals surface area contributed by atoms with Gasteiger partial charge in [0.05, 0.1) is 5.25 Å². The molecular weight excluding hydrogens is 542 g/mol. The summed E-state index contributed by atoms with van der Waals surface area (Å²) in [5.41, 5.74) is 2.90. The van der Waals surface area contributed by atoms with Crippen molar-refractivity contribution in [2.45, 2.75) is 37.3 Å². The summed E-state index contributed by atoms with van der Waals surface area (Å²) in [7, 11) is 0. The van der Waals surface area contributed by atoms with Gasteiger partial charge in [-0.15, -0.1) is 22.0 Å². The van der Waals surface area contributed by atoms with Crippen molar-refractivity contribution in [1.29, 1.82) is 0 Å². The van der Waals surface area contributed by atoms with Crippen LogP contribution in [-0.4, -0.2) is 33.2 Å². The second-order valence-electron chi connectivity index (χ2n) is 8.90. The molecule has 4 aromatic rings. The van der Waals surface area contributed by atoms with E-state index in [0.29, 0.717) is 22.8 Å². The third-order valence-corrected chi connectivity index (χ3v) is 7.78. The zero-order valence-electron chi connectivity index (χ0n) is 22.3. The first-order valence-corrected chi connectivity index (χ1v) is 14.3. The number of aryl methyl sites for hydroxylation is 2. The third kappa shape index (κ3) is 8.11. The third-order valence-electron chi connectivity index (χ3n) is 5.67. The van der Waals surface area contributed by atoms with Crippen LogP contribution in [0.2, 0.25) is 0 Å². The highest BCUT2D eigenvalue weighted by atomic mass is 32.2. The minimum absolute atomic E-state index is 0.107. The monoisotopic (exact) mass is 571 g/mol. The van der Waals surface area contributed by atoms with Crippen LogP contribution in [-0.2, 0) is 9.59 Å². The second-order valence-corrected chi connectivity index (χ2v) is 11.4. The molecule has 10 heteroatoms. The Kier molecular flexibility index (Phi) is 9.82. The maximum Gasteiger partial charge on any atom is 0.272 e. The summed E-state index contributed by atoms with van der Waals surface area (Å²) >= 11 is 2.71. The highest BCUT2D eigenvalue weighted by Crippen LogP contribution is 2.29. The number of benzene rings is 3. The van der Waals surface area contributed by atoms with Crippen molar-refractivity contribution in [2.24, 2.45) is 0 Å². The Hall–Kier alpha value is -4.28. The molecule has 0 saturated heterocycles. The predicted molar refractivity (Wildman–Crippen MR) is 161 cm³/mol. The molecule has 0 aliphatic heterocycles. The van der Waals surface area contributed by atoms with Gasteiger partial charge in [-0.05, 0) is 62.2 Å². The molecule has 3 aromatic carbocycles. The van der Waals surface area contributed by atoms with E-state index in [9.17, 15) is 14.4 Å². The van der Waals surface area contributed by atoms with Crippen LogP contribution < -0.4 is 16.0 Å². The highest BCUT2D eigenvalue weighted by Gasteiger charge is 2.20. The Morgan fingerprint density at radius 2 is 1.70 bits per heavy atom. The van der Waals surface area contributed by atoms with Crippen LogP contribution in [0.5, 0.6) is 0 Å². The Morgan fingerprint density at radius 3 is 2.40 bits per heavy atom. The molecule has 0 aliphatic rings. The van der Waals surface area contributed by atoms with Crippen LogP contribution in [0, 0.1) is 13.8 Å². The number of carbonyl (C=O) groups excluding carboxylic acids is 3. The number of anilines is 2. The molecule has 0 bridgehead atoms. The molecule has 1 atom stereocenters. The summed E-state index contributed by atoms with van der Waals surface area (Å²) in [6.45, 7) is 5.72. The summed E-state index contributed by atoms with van der Waals surface area (Å²) in [6, 6.07) is 23.6. The SMILES string of the molecule is CCC(Sc1cccc(NC(=O)/C(=C\c2cccc(C)c2)NC(=O)c2ccccc2)c1)C(=O)Nc1nnc(C)s1. The van der Waals surface area contributed by atoms with Gasteiger partial charge in [-0.3, -0.25) is 19.7 Å². The van der Waals surface area contributed by atoms with Crippen molar-refractivity contribution in [3.63, 3.8) is 0 Å². The number of hydrogen-bond donors (Lipinski definition) is 3. The van der Waals surface area contributed by atoms with Crippen molar-refractivity contribution in [3.05, 3.63) is 106 Å². The molecule has 1 aromatic heterocycles. The van der Waals surface area contributed by atoms with Gasteiger partial charge in [-0.2, -0.15) is 0 Å². The van der Waals surface area contributed by atoms with Crippen molar-refractivity contribution in [2.75, 3.05) is 10.6 Å². The maximum atomic E-state index is 13.4. The molecular formula is C30H29N5O3S2. The van der Waals surface area contributed by atoms with Gasteiger partial charge in [0.15, 0.2) is 0 Å². The van der Waals surface area contributed by atoms with E-state index < -0.39 is 5.91 Å². The van der Waals surface area contributed by atoms with Crippen molar-refractivity contribution < 1.29 is 14.4 Å². The van der Waals surface area contributed by atoms with Gasteiger partial charge < -0.3 is 10.6 Å². The standard InChI is InChI=1S/C30H29N5O3S2/c1-4-26(29(38)33-30-35-34-20(3)39-30)40-24-15-9-14-23(18-24)31-28(37)25(17-21-11-8-10-19(2)16-21)32-27(36)22-12-6-5-7-13-22/h5-18,26H,4H2,1-3H3,(H,31,37)(H,32,36)(H,33,35,38)/b25-17+. The first kappa shape index (κ1) is 28.7. The predicted octanol–water partition coefficient (Wildman–Crippen LogP) is 6.07. The molecule has 4 rings (SSSR count). The second kappa shape index (κ2) is 13.7. The fourth-order valence-electron chi connectivity index (χ4n) is 3.73. The number of carbonyl (C=O) groups is 3.